The number of pyridine rings is 1. The number of fused-ring (bicyclic) bond motifs is 1. The number of aliphatic imine (C=N–C) groups is 1. The van der Waals surface area contributed by atoms with Gasteiger partial charge in [-0.3, -0.25) is 4.99 Å². The molecule has 1 atom stereocenters. The topological polar surface area (TPSA) is 66.2 Å². The van der Waals surface area contributed by atoms with Crippen LogP contribution >= 0.6 is 11.6 Å². The smallest absolute Gasteiger partial charge is 0.191 e. The molecule has 0 saturated carbocycles. The standard InChI is InChI=1S/C22H27ClN6O/c1-24-22(25-10-8-17-15-29-11-4-3-5-21(29)26-17)27-18-9-12-28(14-18)19-13-16(23)6-7-20(19)30-2/h3-7,11,13,15,18H,8-10,12,14H2,1-2H3,(H2,24,25,27). The summed E-state index contributed by atoms with van der Waals surface area (Å²) < 4.78 is 7.54. The average molecular weight is 427 g/mol. The highest BCUT2D eigenvalue weighted by Crippen LogP contribution is 2.33. The van der Waals surface area contributed by atoms with Gasteiger partial charge < -0.3 is 24.7 Å². The molecule has 1 aliphatic heterocycles. The average Bonchev–Trinajstić information content (AvgIpc) is 3.39. The molecule has 7 nitrogen and oxygen atoms in total. The van der Waals surface area contributed by atoms with Gasteiger partial charge >= 0.3 is 0 Å². The lowest BCUT2D eigenvalue weighted by Crippen LogP contribution is -2.45. The Bertz CT molecular complexity index is 1000. The summed E-state index contributed by atoms with van der Waals surface area (Å²) in [7, 11) is 3.49. The number of aromatic nitrogens is 2. The number of nitrogens with one attached hydrogen (secondary N) is 2. The minimum absolute atomic E-state index is 0.301. The fourth-order valence-electron chi connectivity index (χ4n) is 3.81. The van der Waals surface area contributed by atoms with Gasteiger partial charge in [0.05, 0.1) is 18.5 Å². The molecule has 158 valence electrons. The molecular formula is C22H27ClN6O. The molecule has 2 N–H and O–H groups in total. The van der Waals surface area contributed by atoms with Gasteiger partial charge in [-0.2, -0.15) is 0 Å². The van der Waals surface area contributed by atoms with Gasteiger partial charge in [-0.1, -0.05) is 17.7 Å². The summed E-state index contributed by atoms with van der Waals surface area (Å²) in [6.07, 6.45) is 5.93. The Morgan fingerprint density at radius 3 is 3.03 bits per heavy atom. The molecule has 4 rings (SSSR count). The van der Waals surface area contributed by atoms with Crippen molar-refractivity contribution >= 4 is 28.9 Å². The van der Waals surface area contributed by atoms with Crippen LogP contribution in [0, 0.1) is 0 Å². The van der Waals surface area contributed by atoms with Gasteiger partial charge in [0.2, 0.25) is 0 Å². The van der Waals surface area contributed by atoms with Crippen molar-refractivity contribution in [1.29, 1.82) is 0 Å². The number of hydrogen-bond acceptors (Lipinski definition) is 4. The number of benzene rings is 1. The molecule has 30 heavy (non-hydrogen) atoms. The van der Waals surface area contributed by atoms with Crippen LogP contribution in [0.15, 0.2) is 53.8 Å². The van der Waals surface area contributed by atoms with Crippen LogP contribution < -0.4 is 20.3 Å². The lowest BCUT2D eigenvalue weighted by molar-refractivity contribution is 0.415. The minimum atomic E-state index is 0.301. The van der Waals surface area contributed by atoms with Crippen molar-refractivity contribution in [1.82, 2.24) is 20.0 Å². The number of methoxy groups -OCH3 is 1. The quantitative estimate of drug-likeness (QED) is 0.468. The first-order valence-corrected chi connectivity index (χ1v) is 10.5. The molecule has 1 saturated heterocycles. The minimum Gasteiger partial charge on any atom is -0.495 e. The van der Waals surface area contributed by atoms with E-state index in [1.54, 1.807) is 14.2 Å². The van der Waals surface area contributed by atoms with E-state index in [0.29, 0.717) is 11.1 Å². The van der Waals surface area contributed by atoms with Crippen LogP contribution in [0.25, 0.3) is 5.65 Å². The zero-order chi connectivity index (χ0) is 20.9. The van der Waals surface area contributed by atoms with Crippen molar-refractivity contribution in [3.8, 4) is 5.75 Å². The van der Waals surface area contributed by atoms with Gasteiger partial charge in [0.15, 0.2) is 5.96 Å². The third kappa shape index (κ3) is 4.62. The van der Waals surface area contributed by atoms with Crippen molar-refractivity contribution in [2.45, 2.75) is 18.9 Å². The summed E-state index contributed by atoms with van der Waals surface area (Å²) in [5, 5.41) is 7.64. The maximum absolute atomic E-state index is 6.20. The number of ether oxygens (including phenoxy) is 1. The molecule has 0 amide bonds. The maximum atomic E-state index is 6.20. The first kappa shape index (κ1) is 20.3. The molecule has 1 aromatic carbocycles. The van der Waals surface area contributed by atoms with Crippen LogP contribution in [0.2, 0.25) is 5.02 Å². The lowest BCUT2D eigenvalue weighted by atomic mass is 10.2. The molecule has 0 spiro atoms. The summed E-state index contributed by atoms with van der Waals surface area (Å²) in [4.78, 5) is 11.3. The largest absolute Gasteiger partial charge is 0.495 e. The molecule has 3 aromatic rings. The van der Waals surface area contributed by atoms with E-state index in [4.69, 9.17) is 16.3 Å². The Labute approximate surface area is 181 Å². The fraction of sp³-hybridized carbons (Fsp3) is 0.364. The molecule has 3 heterocycles. The first-order valence-electron chi connectivity index (χ1n) is 10.1. The molecular weight excluding hydrogens is 400 g/mol. The Morgan fingerprint density at radius 2 is 2.23 bits per heavy atom. The third-order valence-electron chi connectivity index (χ3n) is 5.32. The third-order valence-corrected chi connectivity index (χ3v) is 5.56. The molecule has 1 fully saturated rings. The summed E-state index contributed by atoms with van der Waals surface area (Å²) in [5.74, 6) is 1.65. The van der Waals surface area contributed by atoms with E-state index in [-0.39, 0.29) is 0 Å². The normalized spacial score (nSPS) is 16.8. The molecule has 0 radical (unpaired) electrons. The maximum Gasteiger partial charge on any atom is 0.191 e. The monoisotopic (exact) mass is 426 g/mol. The van der Waals surface area contributed by atoms with Crippen molar-refractivity contribution in [2.24, 2.45) is 4.99 Å². The van der Waals surface area contributed by atoms with E-state index in [9.17, 15) is 0 Å². The van der Waals surface area contributed by atoms with Crippen LogP contribution in [-0.4, -0.2) is 55.2 Å². The number of hydrogen-bond donors (Lipinski definition) is 2. The van der Waals surface area contributed by atoms with E-state index in [1.807, 2.05) is 47.0 Å². The van der Waals surface area contributed by atoms with Crippen molar-refractivity contribution < 1.29 is 4.74 Å². The van der Waals surface area contributed by atoms with Gasteiger partial charge in [-0.25, -0.2) is 4.98 Å². The zero-order valence-electron chi connectivity index (χ0n) is 17.3. The number of rotatable bonds is 6. The van der Waals surface area contributed by atoms with E-state index >= 15 is 0 Å². The predicted molar refractivity (Wildman–Crippen MR) is 122 cm³/mol. The number of anilines is 1. The van der Waals surface area contributed by atoms with Crippen LogP contribution in [0.5, 0.6) is 5.75 Å². The van der Waals surface area contributed by atoms with Gasteiger partial charge in [-0.15, -0.1) is 0 Å². The number of nitrogens with zero attached hydrogens (tertiary/aromatic N) is 4. The highest BCUT2D eigenvalue weighted by Gasteiger charge is 2.25. The second-order valence-corrected chi connectivity index (χ2v) is 7.78. The van der Waals surface area contributed by atoms with Gasteiger partial charge in [-0.05, 0) is 36.8 Å². The summed E-state index contributed by atoms with van der Waals surface area (Å²) in [6.45, 7) is 2.57. The van der Waals surface area contributed by atoms with Crippen molar-refractivity contribution in [3.05, 3.63) is 59.5 Å². The Kier molecular flexibility index (Phi) is 6.28. The summed E-state index contributed by atoms with van der Waals surface area (Å²) in [5.41, 5.74) is 3.06. The molecule has 0 aliphatic carbocycles. The predicted octanol–water partition coefficient (Wildman–Crippen LogP) is 2.98. The number of guanidine groups is 1. The van der Waals surface area contributed by atoms with E-state index < -0.39 is 0 Å². The van der Waals surface area contributed by atoms with Crippen LogP contribution in [-0.2, 0) is 6.42 Å². The number of halogens is 1. The SMILES string of the molecule is CN=C(NCCc1cn2ccccc2n1)NC1CCN(c2cc(Cl)ccc2OC)C1. The highest BCUT2D eigenvalue weighted by molar-refractivity contribution is 6.30. The fourth-order valence-corrected chi connectivity index (χ4v) is 3.98. The molecule has 1 unspecified atom stereocenters. The molecule has 1 aliphatic rings. The van der Waals surface area contributed by atoms with Crippen LogP contribution in [0.4, 0.5) is 5.69 Å². The summed E-state index contributed by atoms with van der Waals surface area (Å²) in [6, 6.07) is 12.0. The molecule has 2 aromatic heterocycles. The first-order chi connectivity index (χ1) is 14.7. The van der Waals surface area contributed by atoms with Crippen LogP contribution in [0.1, 0.15) is 12.1 Å². The van der Waals surface area contributed by atoms with E-state index in [1.165, 1.54) is 0 Å². The van der Waals surface area contributed by atoms with Crippen molar-refractivity contribution in [2.75, 3.05) is 38.7 Å². The van der Waals surface area contributed by atoms with Gasteiger partial charge in [0, 0.05) is 56.6 Å². The zero-order valence-corrected chi connectivity index (χ0v) is 18.1. The van der Waals surface area contributed by atoms with Crippen LogP contribution in [0.3, 0.4) is 0 Å². The lowest BCUT2D eigenvalue weighted by Gasteiger charge is -2.22. The van der Waals surface area contributed by atoms with Gasteiger partial charge in [0.1, 0.15) is 11.4 Å². The van der Waals surface area contributed by atoms with E-state index in [2.05, 4.69) is 31.7 Å². The molecule has 8 heteroatoms. The van der Waals surface area contributed by atoms with Crippen molar-refractivity contribution in [3.63, 3.8) is 0 Å². The molecule has 0 bridgehead atoms. The van der Waals surface area contributed by atoms with Gasteiger partial charge in [0.25, 0.3) is 0 Å². The Morgan fingerprint density at radius 1 is 1.33 bits per heavy atom. The second-order valence-electron chi connectivity index (χ2n) is 7.34. The Balaban J connectivity index is 1.29. The summed E-state index contributed by atoms with van der Waals surface area (Å²) >= 11 is 6.20. The van der Waals surface area contributed by atoms with E-state index in [0.717, 1.165) is 61.2 Å². The Hall–Kier alpha value is -2.93. The number of imidazole rings is 1. The second kappa shape index (κ2) is 9.26. The highest BCUT2D eigenvalue weighted by atomic mass is 35.5.